The molecule has 0 unspecified atom stereocenters. The monoisotopic (exact) mass is 407 g/mol. The number of primary amides is 1. The fraction of sp³-hybridized carbons (Fsp3) is 0.200. The molecule has 5 nitrogen and oxygen atoms in total. The van der Waals surface area contributed by atoms with Gasteiger partial charge in [-0.25, -0.2) is 9.07 Å². The molecule has 0 radical (unpaired) electrons. The summed E-state index contributed by atoms with van der Waals surface area (Å²) in [7, 11) is 0. The molecule has 1 heterocycles. The van der Waals surface area contributed by atoms with E-state index in [1.807, 2.05) is 0 Å². The van der Waals surface area contributed by atoms with E-state index in [1.54, 1.807) is 25.1 Å². The number of alkyl halides is 3. The fourth-order valence-electron chi connectivity index (χ4n) is 2.80. The Morgan fingerprint density at radius 2 is 1.86 bits per heavy atom. The second kappa shape index (κ2) is 7.94. The molecule has 3 rings (SSSR count). The molecule has 0 fully saturated rings. The highest BCUT2D eigenvalue weighted by atomic mass is 19.4. The van der Waals surface area contributed by atoms with Gasteiger partial charge in [0.1, 0.15) is 11.6 Å². The summed E-state index contributed by atoms with van der Waals surface area (Å²) in [5, 5.41) is 4.11. The molecule has 0 bridgehead atoms. The Bertz CT molecular complexity index is 1040. The average Bonchev–Trinajstić information content (AvgIpc) is 3.04. The minimum absolute atomic E-state index is 0.0595. The first kappa shape index (κ1) is 20.4. The number of ether oxygens (including phenoxy) is 1. The molecule has 152 valence electrons. The van der Waals surface area contributed by atoms with Crippen molar-refractivity contribution in [1.29, 1.82) is 0 Å². The van der Waals surface area contributed by atoms with Crippen LogP contribution in [0.4, 0.5) is 17.6 Å². The van der Waals surface area contributed by atoms with Crippen LogP contribution in [0.15, 0.2) is 48.5 Å². The largest absolute Gasteiger partial charge is 0.493 e. The Morgan fingerprint density at radius 1 is 1.14 bits per heavy atom. The van der Waals surface area contributed by atoms with E-state index in [-0.39, 0.29) is 17.0 Å². The predicted molar refractivity (Wildman–Crippen MR) is 98.4 cm³/mol. The molecular weight excluding hydrogens is 390 g/mol. The summed E-state index contributed by atoms with van der Waals surface area (Å²) in [4.78, 5) is 11.3. The quantitative estimate of drug-likeness (QED) is 0.615. The van der Waals surface area contributed by atoms with Crippen LogP contribution in [-0.4, -0.2) is 28.5 Å². The third kappa shape index (κ3) is 4.74. The number of aryl methyl sites for hydroxylation is 1. The number of benzene rings is 2. The van der Waals surface area contributed by atoms with Crippen molar-refractivity contribution in [1.82, 2.24) is 9.78 Å². The molecule has 29 heavy (non-hydrogen) atoms. The average molecular weight is 407 g/mol. The number of carbonyl (C=O) groups excluding carboxylic acids is 1. The maximum atomic E-state index is 14.6. The van der Waals surface area contributed by atoms with Crippen LogP contribution in [0, 0.1) is 12.7 Å². The fourth-order valence-corrected chi connectivity index (χ4v) is 2.80. The van der Waals surface area contributed by atoms with Gasteiger partial charge in [-0.3, -0.25) is 4.79 Å². The van der Waals surface area contributed by atoms with Crippen LogP contribution >= 0.6 is 0 Å². The number of carbonyl (C=O) groups is 1. The van der Waals surface area contributed by atoms with Gasteiger partial charge in [-0.1, -0.05) is 18.2 Å². The number of nitrogens with zero attached hydrogens (tertiary/aromatic N) is 2. The van der Waals surface area contributed by atoms with Crippen LogP contribution in [0.1, 0.15) is 22.6 Å². The summed E-state index contributed by atoms with van der Waals surface area (Å²) in [6.07, 6.45) is -5.47. The minimum atomic E-state index is -4.35. The van der Waals surface area contributed by atoms with Gasteiger partial charge in [0.25, 0.3) is 5.91 Å². The van der Waals surface area contributed by atoms with Gasteiger partial charge >= 0.3 is 6.18 Å². The summed E-state index contributed by atoms with van der Waals surface area (Å²) < 4.78 is 58.4. The smallest absolute Gasteiger partial charge is 0.392 e. The van der Waals surface area contributed by atoms with Crippen molar-refractivity contribution in [2.75, 3.05) is 6.61 Å². The first-order valence-electron chi connectivity index (χ1n) is 8.61. The van der Waals surface area contributed by atoms with Crippen molar-refractivity contribution in [3.63, 3.8) is 0 Å². The molecule has 0 aliphatic heterocycles. The zero-order chi connectivity index (χ0) is 21.2. The maximum Gasteiger partial charge on any atom is 0.392 e. The summed E-state index contributed by atoms with van der Waals surface area (Å²) >= 11 is 0. The Balaban J connectivity index is 1.98. The van der Waals surface area contributed by atoms with Crippen molar-refractivity contribution in [2.24, 2.45) is 5.73 Å². The van der Waals surface area contributed by atoms with E-state index in [0.717, 1.165) is 0 Å². The van der Waals surface area contributed by atoms with Crippen LogP contribution < -0.4 is 10.5 Å². The van der Waals surface area contributed by atoms with E-state index >= 15 is 0 Å². The number of nitrogens with two attached hydrogens (primary N) is 1. The molecule has 2 N–H and O–H groups in total. The lowest BCUT2D eigenvalue weighted by molar-refractivity contribution is -0.139. The van der Waals surface area contributed by atoms with E-state index in [1.165, 1.54) is 35.0 Å². The summed E-state index contributed by atoms with van der Waals surface area (Å²) in [6, 6.07) is 11.9. The van der Waals surface area contributed by atoms with Gasteiger partial charge in [0.2, 0.25) is 0 Å². The van der Waals surface area contributed by atoms with Crippen molar-refractivity contribution < 1.29 is 27.1 Å². The highest BCUT2D eigenvalue weighted by Gasteiger charge is 2.27. The third-order valence-corrected chi connectivity index (χ3v) is 4.15. The standard InChI is InChI=1S/C20H17F4N3O2/c1-12-10-17(19(25)28)26-27(12)13-6-7-16(21)15(11-13)14-4-2-3-5-18(14)29-9-8-20(22,23)24/h2-7,10-11H,8-9H2,1H3,(H2,25,28). The van der Waals surface area contributed by atoms with Crippen molar-refractivity contribution in [3.8, 4) is 22.6 Å². The molecule has 0 aliphatic carbocycles. The molecule has 1 amide bonds. The number of amides is 1. The summed E-state index contributed by atoms with van der Waals surface area (Å²) in [6.45, 7) is 1.12. The number of rotatable bonds is 6. The molecule has 0 spiro atoms. The summed E-state index contributed by atoms with van der Waals surface area (Å²) in [5.74, 6) is -1.15. The van der Waals surface area contributed by atoms with Crippen LogP contribution in [0.25, 0.3) is 16.8 Å². The second-order valence-corrected chi connectivity index (χ2v) is 6.32. The highest BCUT2D eigenvalue weighted by molar-refractivity contribution is 5.90. The van der Waals surface area contributed by atoms with Gasteiger partial charge in [-0.2, -0.15) is 18.3 Å². The number of hydrogen-bond donors (Lipinski definition) is 1. The van der Waals surface area contributed by atoms with Gasteiger partial charge in [-0.05, 0) is 37.3 Å². The molecule has 0 atom stereocenters. The highest BCUT2D eigenvalue weighted by Crippen LogP contribution is 2.34. The van der Waals surface area contributed by atoms with E-state index in [0.29, 0.717) is 16.9 Å². The van der Waals surface area contributed by atoms with Crippen LogP contribution in [0.2, 0.25) is 0 Å². The second-order valence-electron chi connectivity index (χ2n) is 6.32. The van der Waals surface area contributed by atoms with Gasteiger partial charge in [0.15, 0.2) is 5.69 Å². The van der Waals surface area contributed by atoms with Crippen molar-refractivity contribution >= 4 is 5.91 Å². The molecule has 9 heteroatoms. The third-order valence-electron chi connectivity index (χ3n) is 4.15. The molecule has 0 aliphatic rings. The summed E-state index contributed by atoms with van der Waals surface area (Å²) in [5.41, 5.74) is 6.79. The Morgan fingerprint density at radius 3 is 2.52 bits per heavy atom. The SMILES string of the molecule is Cc1cc(C(N)=O)nn1-c1ccc(F)c(-c2ccccc2OCCC(F)(F)F)c1. The Kier molecular flexibility index (Phi) is 5.58. The Labute approximate surface area is 163 Å². The first-order valence-corrected chi connectivity index (χ1v) is 8.61. The van der Waals surface area contributed by atoms with Gasteiger partial charge in [0.05, 0.1) is 18.7 Å². The van der Waals surface area contributed by atoms with Crippen molar-refractivity contribution in [2.45, 2.75) is 19.5 Å². The molecule has 1 aromatic heterocycles. The number of halogens is 4. The topological polar surface area (TPSA) is 70.1 Å². The van der Waals surface area contributed by atoms with Gasteiger partial charge in [-0.15, -0.1) is 0 Å². The number of aromatic nitrogens is 2. The maximum absolute atomic E-state index is 14.6. The van der Waals surface area contributed by atoms with E-state index < -0.39 is 30.9 Å². The van der Waals surface area contributed by atoms with Crippen LogP contribution in [-0.2, 0) is 0 Å². The predicted octanol–water partition coefficient (Wildman–Crippen LogP) is 4.42. The van der Waals surface area contributed by atoms with Crippen LogP contribution in [0.3, 0.4) is 0 Å². The zero-order valence-electron chi connectivity index (χ0n) is 15.3. The van der Waals surface area contributed by atoms with E-state index in [9.17, 15) is 22.4 Å². The number of para-hydroxylation sites is 1. The molecular formula is C20H17F4N3O2. The first-order chi connectivity index (χ1) is 13.7. The number of hydrogen-bond acceptors (Lipinski definition) is 3. The minimum Gasteiger partial charge on any atom is -0.493 e. The lowest BCUT2D eigenvalue weighted by atomic mass is 10.0. The molecule has 2 aromatic carbocycles. The van der Waals surface area contributed by atoms with E-state index in [2.05, 4.69) is 5.10 Å². The van der Waals surface area contributed by atoms with Gasteiger partial charge < -0.3 is 10.5 Å². The lowest BCUT2D eigenvalue weighted by Crippen LogP contribution is -2.13. The molecule has 0 saturated heterocycles. The Hall–Kier alpha value is -3.36. The normalized spacial score (nSPS) is 11.5. The van der Waals surface area contributed by atoms with Crippen molar-refractivity contribution in [3.05, 3.63) is 65.7 Å². The van der Waals surface area contributed by atoms with Gasteiger partial charge in [0, 0.05) is 16.8 Å². The van der Waals surface area contributed by atoms with E-state index in [4.69, 9.17) is 10.5 Å². The zero-order valence-corrected chi connectivity index (χ0v) is 15.3. The van der Waals surface area contributed by atoms with Crippen LogP contribution in [0.5, 0.6) is 5.75 Å². The molecule has 0 saturated carbocycles. The molecule has 3 aromatic rings. The lowest BCUT2D eigenvalue weighted by Gasteiger charge is -2.14.